The van der Waals surface area contributed by atoms with Gasteiger partial charge in [-0.05, 0) is 35.9 Å². The second kappa shape index (κ2) is 6.29. The number of carbonyl (C=O) groups is 2. The second-order valence-corrected chi connectivity index (χ2v) is 5.16. The molecule has 0 aromatic heterocycles. The van der Waals surface area contributed by atoms with E-state index in [0.29, 0.717) is 24.2 Å². The Morgan fingerprint density at radius 2 is 1.94 bits per heavy atom. The van der Waals surface area contributed by atoms with Gasteiger partial charge < -0.3 is 0 Å². The van der Waals surface area contributed by atoms with Gasteiger partial charge in [0.25, 0.3) is 5.24 Å². The average Bonchev–Trinajstić information content (AvgIpc) is 2.30. The van der Waals surface area contributed by atoms with Crippen LogP contribution in [-0.4, -0.2) is 10.4 Å². The van der Waals surface area contributed by atoms with E-state index in [9.17, 15) is 18.4 Å². The fraction of sp³-hybridized carbons (Fsp3) is 0.333. The van der Waals surface area contributed by atoms with Crippen molar-refractivity contribution in [3.63, 3.8) is 0 Å². The van der Waals surface area contributed by atoms with Crippen LogP contribution in [0.4, 0.5) is 8.78 Å². The molecule has 0 aliphatic heterocycles. The monoisotopic (exact) mass is 292 g/mol. The van der Waals surface area contributed by atoms with Gasteiger partial charge in [0.1, 0.15) is 11.6 Å². The number of benzene rings is 1. The molecule has 6 heteroatoms. The van der Waals surface area contributed by atoms with Crippen molar-refractivity contribution in [3.8, 4) is 0 Å². The highest BCUT2D eigenvalue weighted by molar-refractivity contribution is 8.13. The van der Waals surface area contributed by atoms with Gasteiger partial charge in [-0.1, -0.05) is 13.8 Å². The van der Waals surface area contributed by atoms with Crippen molar-refractivity contribution in [1.29, 1.82) is 0 Å². The van der Waals surface area contributed by atoms with E-state index in [2.05, 4.69) is 0 Å². The van der Waals surface area contributed by atoms with Crippen LogP contribution >= 0.6 is 23.4 Å². The molecule has 0 bridgehead atoms. The van der Waals surface area contributed by atoms with Gasteiger partial charge in [-0.15, -0.1) is 0 Å². The minimum Gasteiger partial charge on any atom is -0.287 e. The number of thioether (sulfide) groups is 1. The van der Waals surface area contributed by atoms with Crippen molar-refractivity contribution in [1.82, 2.24) is 0 Å². The summed E-state index contributed by atoms with van der Waals surface area (Å²) in [5, 5.41) is -1.26. The molecule has 0 radical (unpaired) electrons. The Bertz CT molecular complexity index is 491. The summed E-state index contributed by atoms with van der Waals surface area (Å²) in [6, 6.07) is 1.52. The van der Waals surface area contributed by atoms with Crippen molar-refractivity contribution in [3.05, 3.63) is 29.3 Å². The van der Waals surface area contributed by atoms with Gasteiger partial charge in [-0.3, -0.25) is 9.59 Å². The predicted molar refractivity (Wildman–Crippen MR) is 66.9 cm³/mol. The van der Waals surface area contributed by atoms with Crippen molar-refractivity contribution in [2.75, 3.05) is 0 Å². The maximum atomic E-state index is 13.5. The highest BCUT2D eigenvalue weighted by Gasteiger charge is 2.19. The molecule has 98 valence electrons. The van der Waals surface area contributed by atoms with E-state index in [1.807, 2.05) is 6.92 Å². The molecule has 1 aromatic rings. The molecule has 18 heavy (non-hydrogen) atoms. The first-order chi connectivity index (χ1) is 8.36. The van der Waals surface area contributed by atoms with Crippen LogP contribution in [0.1, 0.15) is 30.6 Å². The lowest BCUT2D eigenvalue weighted by molar-refractivity contribution is -0.114. The largest absolute Gasteiger partial charge is 0.287 e. The van der Waals surface area contributed by atoms with E-state index < -0.39 is 22.4 Å². The first-order valence-electron chi connectivity index (χ1n) is 5.27. The van der Waals surface area contributed by atoms with Crippen molar-refractivity contribution < 1.29 is 18.4 Å². The summed E-state index contributed by atoms with van der Waals surface area (Å²) in [7, 11) is 0. The van der Waals surface area contributed by atoms with Crippen molar-refractivity contribution >= 4 is 33.7 Å². The summed E-state index contributed by atoms with van der Waals surface area (Å²) in [4.78, 5) is 22.5. The zero-order valence-corrected chi connectivity index (χ0v) is 11.4. The minimum atomic E-state index is -1.03. The Hall–Kier alpha value is -0.940. The molecule has 1 rings (SSSR count). The predicted octanol–water partition coefficient (Wildman–Crippen LogP) is 4.01. The second-order valence-electron chi connectivity index (χ2n) is 3.77. The first-order valence-corrected chi connectivity index (χ1v) is 6.46. The average molecular weight is 293 g/mol. The summed E-state index contributed by atoms with van der Waals surface area (Å²) in [5.41, 5.74) is -0.433. The third-order valence-corrected chi connectivity index (χ3v) is 3.80. The molecule has 0 spiro atoms. The Morgan fingerprint density at radius 1 is 1.33 bits per heavy atom. The summed E-state index contributed by atoms with van der Waals surface area (Å²) >= 11 is 5.82. The van der Waals surface area contributed by atoms with E-state index >= 15 is 0 Å². The van der Waals surface area contributed by atoms with E-state index in [1.54, 1.807) is 6.92 Å². The number of halogens is 3. The molecule has 0 aliphatic carbocycles. The molecule has 1 aromatic carbocycles. The van der Waals surface area contributed by atoms with Crippen molar-refractivity contribution in [2.45, 2.75) is 25.2 Å². The van der Waals surface area contributed by atoms with Gasteiger partial charge in [-0.2, -0.15) is 0 Å². The molecule has 0 amide bonds. The molecule has 0 N–H and O–H groups in total. The van der Waals surface area contributed by atoms with Crippen LogP contribution < -0.4 is 0 Å². The Morgan fingerprint density at radius 3 is 2.44 bits per heavy atom. The van der Waals surface area contributed by atoms with Crippen LogP contribution in [0.2, 0.25) is 0 Å². The van der Waals surface area contributed by atoms with Crippen LogP contribution in [0, 0.1) is 17.6 Å². The van der Waals surface area contributed by atoms with Gasteiger partial charge in [0.05, 0.1) is 10.5 Å². The van der Waals surface area contributed by atoms with Crippen LogP contribution in [-0.2, 0) is 4.79 Å². The number of rotatable bonds is 4. The van der Waals surface area contributed by atoms with E-state index in [4.69, 9.17) is 11.6 Å². The van der Waals surface area contributed by atoms with Gasteiger partial charge in [0.15, 0.2) is 5.12 Å². The number of hydrogen-bond acceptors (Lipinski definition) is 3. The van der Waals surface area contributed by atoms with Crippen LogP contribution in [0.3, 0.4) is 0 Å². The van der Waals surface area contributed by atoms with Crippen LogP contribution in [0.25, 0.3) is 0 Å². The summed E-state index contributed by atoms with van der Waals surface area (Å²) < 4.78 is 26.7. The standard InChI is InChI=1S/C12H11ClF2O2S/c1-3-6(2)12(17)18-10-4-7(11(13)16)8(14)5-9(10)15/h4-6H,3H2,1-2H3. The zero-order valence-electron chi connectivity index (χ0n) is 9.80. The zero-order chi connectivity index (χ0) is 13.9. The lowest BCUT2D eigenvalue weighted by atomic mass is 10.1. The van der Waals surface area contributed by atoms with Gasteiger partial charge in [-0.25, -0.2) is 8.78 Å². The maximum Gasteiger partial charge on any atom is 0.255 e. The first kappa shape index (κ1) is 15.1. The third kappa shape index (κ3) is 3.53. The highest BCUT2D eigenvalue weighted by Crippen LogP contribution is 2.29. The van der Waals surface area contributed by atoms with Gasteiger partial charge >= 0.3 is 0 Å². The molecule has 1 unspecified atom stereocenters. The quantitative estimate of drug-likeness (QED) is 0.621. The molecule has 0 aliphatic rings. The van der Waals surface area contributed by atoms with Crippen molar-refractivity contribution in [2.24, 2.45) is 5.92 Å². The fourth-order valence-electron chi connectivity index (χ4n) is 1.13. The van der Waals surface area contributed by atoms with Gasteiger partial charge in [0, 0.05) is 12.0 Å². The minimum absolute atomic E-state index is 0.0919. The number of hydrogen-bond donors (Lipinski definition) is 0. The molecular weight excluding hydrogens is 282 g/mol. The molecule has 2 nitrogen and oxygen atoms in total. The molecule has 0 fully saturated rings. The molecule has 0 saturated heterocycles. The molecule has 0 saturated carbocycles. The Balaban J connectivity index is 3.06. The summed E-state index contributed by atoms with van der Waals surface area (Å²) in [6.07, 6.45) is 0.621. The highest BCUT2D eigenvalue weighted by atomic mass is 35.5. The molecular formula is C12H11ClF2O2S. The van der Waals surface area contributed by atoms with E-state index in [-0.39, 0.29) is 15.9 Å². The maximum absolute atomic E-state index is 13.5. The lowest BCUT2D eigenvalue weighted by Crippen LogP contribution is -2.06. The smallest absolute Gasteiger partial charge is 0.255 e. The number of carbonyl (C=O) groups excluding carboxylic acids is 2. The fourth-order valence-corrected chi connectivity index (χ4v) is 2.20. The Labute approximate surface area is 113 Å². The van der Waals surface area contributed by atoms with Crippen LogP contribution in [0.5, 0.6) is 0 Å². The normalized spacial score (nSPS) is 12.3. The lowest BCUT2D eigenvalue weighted by Gasteiger charge is -2.08. The summed E-state index contributed by atoms with van der Waals surface area (Å²) in [6.45, 7) is 3.54. The molecule has 1 atom stereocenters. The third-order valence-electron chi connectivity index (χ3n) is 2.46. The SMILES string of the molecule is CCC(C)C(=O)Sc1cc(C(=O)Cl)c(F)cc1F. The summed E-state index contributed by atoms with van der Waals surface area (Å²) in [5.74, 6) is -2.15. The van der Waals surface area contributed by atoms with E-state index in [0.717, 1.165) is 6.07 Å². The Kier molecular flexibility index (Phi) is 5.28. The van der Waals surface area contributed by atoms with Crippen LogP contribution in [0.15, 0.2) is 17.0 Å². The molecule has 0 heterocycles. The topological polar surface area (TPSA) is 34.1 Å². The van der Waals surface area contributed by atoms with Gasteiger partial charge in [0.2, 0.25) is 0 Å². The van der Waals surface area contributed by atoms with E-state index in [1.165, 1.54) is 0 Å².